The molecule has 3 nitrogen and oxygen atoms in total. The van der Waals surface area contributed by atoms with Crippen LogP contribution in [0.15, 0.2) is 34.1 Å². The number of nitrogens with zero attached hydrogens (tertiary/aromatic N) is 1. The molecular formula is C14H13BrClFN2OS. The number of benzene rings is 1. The number of hydrogen-bond acceptors (Lipinski definition) is 3. The Morgan fingerprint density at radius 1 is 1.43 bits per heavy atom. The Balaban J connectivity index is 1.90. The first-order chi connectivity index (χ1) is 9.94. The molecule has 1 heterocycles. The number of carbonyl (C=O) groups is 1. The maximum absolute atomic E-state index is 13.5. The van der Waals surface area contributed by atoms with Crippen molar-refractivity contribution in [1.82, 2.24) is 4.90 Å². The molecule has 0 unspecified atom stereocenters. The van der Waals surface area contributed by atoms with Gasteiger partial charge in [0.15, 0.2) is 0 Å². The first-order valence-corrected chi connectivity index (χ1v) is 8.10. The van der Waals surface area contributed by atoms with Crippen molar-refractivity contribution in [2.24, 2.45) is 0 Å². The van der Waals surface area contributed by atoms with Crippen molar-refractivity contribution in [3.05, 3.63) is 49.8 Å². The molecule has 2 rings (SSSR count). The highest BCUT2D eigenvalue weighted by Crippen LogP contribution is 2.23. The fourth-order valence-electron chi connectivity index (χ4n) is 1.79. The summed E-state index contributed by atoms with van der Waals surface area (Å²) in [6.07, 6.45) is 0. The van der Waals surface area contributed by atoms with Gasteiger partial charge in [0.25, 0.3) is 0 Å². The molecule has 0 fully saturated rings. The summed E-state index contributed by atoms with van der Waals surface area (Å²) in [5.74, 6) is -0.785. The Morgan fingerprint density at radius 3 is 2.86 bits per heavy atom. The van der Waals surface area contributed by atoms with Crippen molar-refractivity contribution < 1.29 is 9.18 Å². The van der Waals surface area contributed by atoms with Gasteiger partial charge < -0.3 is 5.32 Å². The lowest BCUT2D eigenvalue weighted by Crippen LogP contribution is -2.29. The van der Waals surface area contributed by atoms with E-state index < -0.39 is 5.82 Å². The number of likely N-dealkylation sites (N-methyl/N-ethyl adjacent to an activating group) is 1. The number of carbonyl (C=O) groups excluding carboxylic acids is 1. The van der Waals surface area contributed by atoms with Crippen LogP contribution in [0.1, 0.15) is 4.88 Å². The van der Waals surface area contributed by atoms with Gasteiger partial charge in [-0.2, -0.15) is 0 Å². The molecule has 0 radical (unpaired) electrons. The van der Waals surface area contributed by atoms with Gasteiger partial charge in [0.05, 0.1) is 16.0 Å². The molecule has 0 saturated heterocycles. The Kier molecular flexibility index (Phi) is 5.75. The molecule has 1 aromatic heterocycles. The second-order valence-corrected chi connectivity index (χ2v) is 7.53. The summed E-state index contributed by atoms with van der Waals surface area (Å²) in [6, 6.07) is 8.03. The van der Waals surface area contributed by atoms with Crippen molar-refractivity contribution in [2.45, 2.75) is 6.54 Å². The molecule has 0 spiro atoms. The standard InChI is InChI=1S/C14H13BrClFN2OS/c1-19(7-10-3-5-13(15)21-10)8-14(20)18-12-6-9(16)2-4-11(12)17/h2-6H,7-8H2,1H3,(H,18,20). The quantitative estimate of drug-likeness (QED) is 0.820. The van der Waals surface area contributed by atoms with Crippen LogP contribution in [0.25, 0.3) is 0 Å². The third-order valence-corrected chi connectivity index (χ3v) is 4.51. The summed E-state index contributed by atoms with van der Waals surface area (Å²) in [7, 11) is 1.83. The van der Waals surface area contributed by atoms with Crippen molar-refractivity contribution >= 4 is 50.5 Å². The van der Waals surface area contributed by atoms with Crippen molar-refractivity contribution in [1.29, 1.82) is 0 Å². The van der Waals surface area contributed by atoms with Gasteiger partial charge in [0.2, 0.25) is 5.91 Å². The molecule has 112 valence electrons. The fourth-order valence-corrected chi connectivity index (χ4v) is 3.52. The molecular weight excluding hydrogens is 379 g/mol. The number of halogens is 3. The lowest BCUT2D eigenvalue weighted by Gasteiger charge is -2.15. The minimum absolute atomic E-state index is 0.0970. The second kappa shape index (κ2) is 7.35. The van der Waals surface area contributed by atoms with Gasteiger partial charge in [0.1, 0.15) is 5.82 Å². The smallest absolute Gasteiger partial charge is 0.238 e. The summed E-state index contributed by atoms with van der Waals surface area (Å²) in [5, 5.41) is 2.91. The molecule has 0 aliphatic heterocycles. The lowest BCUT2D eigenvalue weighted by molar-refractivity contribution is -0.117. The van der Waals surface area contributed by atoms with Gasteiger partial charge in [-0.25, -0.2) is 4.39 Å². The van der Waals surface area contributed by atoms with Crippen LogP contribution in [-0.4, -0.2) is 24.4 Å². The van der Waals surface area contributed by atoms with Gasteiger partial charge in [-0.1, -0.05) is 11.6 Å². The number of nitrogens with one attached hydrogen (secondary N) is 1. The maximum Gasteiger partial charge on any atom is 0.238 e. The predicted molar refractivity (Wildman–Crippen MR) is 88.4 cm³/mol. The molecule has 7 heteroatoms. The molecule has 2 aromatic rings. The Bertz CT molecular complexity index is 650. The van der Waals surface area contributed by atoms with Gasteiger partial charge in [-0.3, -0.25) is 9.69 Å². The summed E-state index contributed by atoms with van der Waals surface area (Å²) in [5.41, 5.74) is 0.0970. The predicted octanol–water partition coefficient (Wildman–Crippen LogP) is 4.37. The highest BCUT2D eigenvalue weighted by molar-refractivity contribution is 9.11. The van der Waals surface area contributed by atoms with Gasteiger partial charge in [0, 0.05) is 16.4 Å². The van der Waals surface area contributed by atoms with E-state index in [1.807, 2.05) is 24.1 Å². The number of hydrogen-bond donors (Lipinski definition) is 1. The number of amides is 1. The highest BCUT2D eigenvalue weighted by Gasteiger charge is 2.11. The van der Waals surface area contributed by atoms with E-state index >= 15 is 0 Å². The molecule has 0 saturated carbocycles. The van der Waals surface area contributed by atoms with Crippen LogP contribution in [0.2, 0.25) is 5.02 Å². The molecule has 0 atom stereocenters. The average molecular weight is 392 g/mol. The molecule has 1 N–H and O–H groups in total. The number of rotatable bonds is 5. The fraction of sp³-hybridized carbons (Fsp3) is 0.214. The average Bonchev–Trinajstić information content (AvgIpc) is 2.79. The van der Waals surface area contributed by atoms with E-state index in [1.165, 1.54) is 18.2 Å². The van der Waals surface area contributed by atoms with Crippen LogP contribution in [0, 0.1) is 5.82 Å². The molecule has 1 aromatic carbocycles. The molecule has 0 bridgehead atoms. The number of anilines is 1. The molecule has 0 aliphatic rings. The third kappa shape index (κ3) is 5.07. The summed E-state index contributed by atoms with van der Waals surface area (Å²) >= 11 is 10.8. The van der Waals surface area contributed by atoms with Gasteiger partial charge in [-0.05, 0) is 53.3 Å². The zero-order valence-electron chi connectivity index (χ0n) is 11.2. The highest BCUT2D eigenvalue weighted by atomic mass is 79.9. The molecule has 1 amide bonds. The minimum Gasteiger partial charge on any atom is -0.322 e. The van der Waals surface area contributed by atoms with Crippen molar-refractivity contribution in [3.63, 3.8) is 0 Å². The van der Waals surface area contributed by atoms with E-state index in [-0.39, 0.29) is 18.1 Å². The van der Waals surface area contributed by atoms with Crippen LogP contribution in [-0.2, 0) is 11.3 Å². The van der Waals surface area contributed by atoms with E-state index in [1.54, 1.807) is 11.3 Å². The molecule has 21 heavy (non-hydrogen) atoms. The first kappa shape index (κ1) is 16.4. The van der Waals surface area contributed by atoms with E-state index in [0.29, 0.717) is 11.6 Å². The second-order valence-electron chi connectivity index (χ2n) is 4.55. The van der Waals surface area contributed by atoms with E-state index in [4.69, 9.17) is 11.6 Å². The van der Waals surface area contributed by atoms with E-state index in [0.717, 1.165) is 8.66 Å². The van der Waals surface area contributed by atoms with Crippen molar-refractivity contribution in [3.8, 4) is 0 Å². The summed E-state index contributed by atoms with van der Waals surface area (Å²) < 4.78 is 14.6. The zero-order valence-corrected chi connectivity index (χ0v) is 14.4. The summed E-state index contributed by atoms with van der Waals surface area (Å²) in [4.78, 5) is 14.9. The Hall–Kier alpha value is -0.950. The Labute approximate surface area is 139 Å². The first-order valence-electron chi connectivity index (χ1n) is 6.11. The minimum atomic E-state index is -0.502. The topological polar surface area (TPSA) is 32.3 Å². The number of thiophene rings is 1. The third-order valence-electron chi connectivity index (χ3n) is 2.67. The van der Waals surface area contributed by atoms with Crippen LogP contribution in [0.5, 0.6) is 0 Å². The van der Waals surface area contributed by atoms with Gasteiger partial charge in [-0.15, -0.1) is 11.3 Å². The normalized spacial score (nSPS) is 10.9. The SMILES string of the molecule is CN(CC(=O)Nc1cc(Cl)ccc1F)Cc1ccc(Br)s1. The van der Waals surface area contributed by atoms with E-state index in [2.05, 4.69) is 21.2 Å². The Morgan fingerprint density at radius 2 is 2.19 bits per heavy atom. The van der Waals surface area contributed by atoms with E-state index in [9.17, 15) is 9.18 Å². The van der Waals surface area contributed by atoms with Crippen LogP contribution in [0.3, 0.4) is 0 Å². The molecule has 0 aliphatic carbocycles. The van der Waals surface area contributed by atoms with Crippen LogP contribution >= 0.6 is 38.9 Å². The zero-order chi connectivity index (χ0) is 15.4. The van der Waals surface area contributed by atoms with Gasteiger partial charge >= 0.3 is 0 Å². The summed E-state index contributed by atoms with van der Waals surface area (Å²) in [6.45, 7) is 0.823. The largest absolute Gasteiger partial charge is 0.322 e. The maximum atomic E-state index is 13.5. The van der Waals surface area contributed by atoms with Crippen LogP contribution in [0.4, 0.5) is 10.1 Å². The monoisotopic (exact) mass is 390 g/mol. The van der Waals surface area contributed by atoms with Crippen molar-refractivity contribution in [2.75, 3.05) is 18.9 Å². The van der Waals surface area contributed by atoms with Crippen LogP contribution < -0.4 is 5.32 Å². The lowest BCUT2D eigenvalue weighted by atomic mass is 10.3.